The van der Waals surface area contributed by atoms with Crippen molar-refractivity contribution in [2.24, 2.45) is 5.16 Å². The Balaban J connectivity index is 2.06. The maximum atomic E-state index is 12.0. The first kappa shape index (κ1) is 20.2. The van der Waals surface area contributed by atoms with Gasteiger partial charge in [0.25, 0.3) is 0 Å². The lowest BCUT2D eigenvalue weighted by molar-refractivity contribution is -0.142. The van der Waals surface area contributed by atoms with Gasteiger partial charge in [0.2, 0.25) is 6.61 Å². The molecule has 148 valence electrons. The van der Waals surface area contributed by atoms with E-state index >= 15 is 0 Å². The van der Waals surface area contributed by atoms with Crippen LogP contribution in [0.15, 0.2) is 23.4 Å². The fourth-order valence-corrected chi connectivity index (χ4v) is 3.85. The van der Waals surface area contributed by atoms with Gasteiger partial charge in [-0.1, -0.05) is 34.4 Å². The Morgan fingerprint density at radius 2 is 1.96 bits per heavy atom. The molecule has 0 saturated heterocycles. The highest BCUT2D eigenvalue weighted by molar-refractivity contribution is 6.42. The summed E-state index contributed by atoms with van der Waals surface area (Å²) < 4.78 is 1.75. The number of hydrogen-bond acceptors (Lipinski definition) is 4. The molecule has 9 heteroatoms. The van der Waals surface area contributed by atoms with Gasteiger partial charge >= 0.3 is 11.9 Å². The van der Waals surface area contributed by atoms with Crippen LogP contribution in [-0.4, -0.2) is 39.0 Å². The molecule has 0 amide bonds. The van der Waals surface area contributed by atoms with Crippen LogP contribution in [0.25, 0.3) is 0 Å². The van der Waals surface area contributed by atoms with Crippen LogP contribution in [0.2, 0.25) is 10.0 Å². The Bertz CT molecular complexity index is 981. The van der Waals surface area contributed by atoms with Crippen LogP contribution < -0.4 is 0 Å². The van der Waals surface area contributed by atoms with Crippen LogP contribution in [0, 0.1) is 6.92 Å². The highest BCUT2D eigenvalue weighted by Gasteiger charge is 2.29. The average molecular weight is 425 g/mol. The lowest BCUT2D eigenvalue weighted by Crippen LogP contribution is -2.17. The summed E-state index contributed by atoms with van der Waals surface area (Å²) in [4.78, 5) is 27.5. The molecule has 1 aliphatic rings. The zero-order valence-corrected chi connectivity index (χ0v) is 16.5. The van der Waals surface area contributed by atoms with E-state index < -0.39 is 18.5 Å². The maximum Gasteiger partial charge on any atom is 0.352 e. The first-order chi connectivity index (χ1) is 13.3. The summed E-state index contributed by atoms with van der Waals surface area (Å²) in [7, 11) is 0. The Kier molecular flexibility index (Phi) is 5.96. The lowest BCUT2D eigenvalue weighted by atomic mass is 9.93. The van der Waals surface area contributed by atoms with E-state index in [2.05, 4.69) is 5.16 Å². The molecule has 0 aliphatic heterocycles. The van der Waals surface area contributed by atoms with Crippen LogP contribution in [0.5, 0.6) is 0 Å². The van der Waals surface area contributed by atoms with E-state index in [-0.39, 0.29) is 5.69 Å². The minimum Gasteiger partial charge on any atom is -0.479 e. The molecule has 1 aliphatic carbocycles. The molecule has 1 heterocycles. The maximum absolute atomic E-state index is 12.0. The smallest absolute Gasteiger partial charge is 0.352 e. The highest BCUT2D eigenvalue weighted by Crippen LogP contribution is 2.32. The van der Waals surface area contributed by atoms with Gasteiger partial charge in [0.15, 0.2) is 0 Å². The molecule has 0 bridgehead atoms. The van der Waals surface area contributed by atoms with Crippen molar-refractivity contribution in [3.63, 3.8) is 0 Å². The van der Waals surface area contributed by atoms with Crippen molar-refractivity contribution in [2.45, 2.75) is 32.7 Å². The second-order valence-electron chi connectivity index (χ2n) is 6.49. The van der Waals surface area contributed by atoms with Gasteiger partial charge in [-0.25, -0.2) is 9.59 Å². The number of carboxylic acid groups (broad SMARTS) is 2. The third-order valence-electron chi connectivity index (χ3n) is 4.62. The van der Waals surface area contributed by atoms with E-state index in [4.69, 9.17) is 33.1 Å². The Hall–Kier alpha value is -2.51. The van der Waals surface area contributed by atoms with Gasteiger partial charge < -0.3 is 19.6 Å². The zero-order chi connectivity index (χ0) is 20.4. The number of oxime groups is 1. The van der Waals surface area contributed by atoms with E-state index in [1.165, 1.54) is 0 Å². The van der Waals surface area contributed by atoms with E-state index in [1.807, 2.05) is 0 Å². The summed E-state index contributed by atoms with van der Waals surface area (Å²) in [5.41, 5.74) is 3.69. The van der Waals surface area contributed by atoms with Gasteiger partial charge in [-0.05, 0) is 49.4 Å². The minimum absolute atomic E-state index is 0.170. The summed E-state index contributed by atoms with van der Waals surface area (Å²) in [6, 6.07) is 5.19. The number of hydrogen-bond donors (Lipinski definition) is 2. The summed E-state index contributed by atoms with van der Waals surface area (Å²) in [5.74, 6) is -2.17. The predicted octanol–water partition coefficient (Wildman–Crippen LogP) is 3.99. The predicted molar refractivity (Wildman–Crippen MR) is 105 cm³/mol. The number of halogens is 2. The SMILES string of the molecule is Cc1c2c(n(Cc3ccc(Cl)c(Cl)c3)c1C(=O)O)CCC/C2=N/OCC(=O)O. The molecular weight excluding hydrogens is 407 g/mol. The second-order valence-corrected chi connectivity index (χ2v) is 7.31. The molecule has 7 nitrogen and oxygen atoms in total. The number of carbonyl (C=O) groups is 2. The number of fused-ring (bicyclic) bond motifs is 1. The van der Waals surface area contributed by atoms with Gasteiger partial charge in [-0.2, -0.15) is 0 Å². The highest BCUT2D eigenvalue weighted by atomic mass is 35.5. The van der Waals surface area contributed by atoms with Gasteiger partial charge in [-0.3, -0.25) is 0 Å². The molecule has 0 fully saturated rings. The first-order valence-electron chi connectivity index (χ1n) is 8.59. The number of benzene rings is 1. The molecule has 1 aromatic heterocycles. The molecule has 2 N–H and O–H groups in total. The van der Waals surface area contributed by atoms with Gasteiger partial charge in [0, 0.05) is 17.8 Å². The third kappa shape index (κ3) is 4.00. The van der Waals surface area contributed by atoms with Crippen molar-refractivity contribution in [3.8, 4) is 0 Å². The van der Waals surface area contributed by atoms with Crippen LogP contribution in [0.3, 0.4) is 0 Å². The summed E-state index contributed by atoms with van der Waals surface area (Å²) in [5, 5.41) is 23.3. The van der Waals surface area contributed by atoms with E-state index in [0.29, 0.717) is 46.3 Å². The van der Waals surface area contributed by atoms with Crippen molar-refractivity contribution in [1.29, 1.82) is 0 Å². The average Bonchev–Trinajstić information content (AvgIpc) is 2.91. The first-order valence-corrected chi connectivity index (χ1v) is 9.35. The van der Waals surface area contributed by atoms with E-state index in [9.17, 15) is 14.7 Å². The number of rotatable bonds is 6. The molecule has 1 aromatic carbocycles. The molecular formula is C19H18Cl2N2O5. The van der Waals surface area contributed by atoms with Crippen LogP contribution in [0.4, 0.5) is 0 Å². The molecule has 0 spiro atoms. The second kappa shape index (κ2) is 8.24. The van der Waals surface area contributed by atoms with Crippen molar-refractivity contribution < 1.29 is 24.6 Å². The summed E-state index contributed by atoms with van der Waals surface area (Å²) in [6.07, 6.45) is 2.03. The lowest BCUT2D eigenvalue weighted by Gasteiger charge is -2.18. The minimum atomic E-state index is -1.12. The zero-order valence-electron chi connectivity index (χ0n) is 15.0. The Morgan fingerprint density at radius 1 is 1.21 bits per heavy atom. The van der Waals surface area contributed by atoms with Crippen LogP contribution >= 0.6 is 23.2 Å². The quantitative estimate of drug-likeness (QED) is 0.682. The Labute approximate surface area is 171 Å². The van der Waals surface area contributed by atoms with Gasteiger partial charge in [0.1, 0.15) is 5.69 Å². The number of nitrogens with zero attached hydrogens (tertiary/aromatic N) is 2. The van der Waals surface area contributed by atoms with Crippen LogP contribution in [0.1, 0.15) is 45.7 Å². The molecule has 0 saturated carbocycles. The number of aromatic carboxylic acids is 1. The number of aromatic nitrogens is 1. The summed E-state index contributed by atoms with van der Waals surface area (Å²) >= 11 is 12.1. The molecule has 0 atom stereocenters. The normalized spacial score (nSPS) is 14.8. The van der Waals surface area contributed by atoms with E-state index in [0.717, 1.165) is 17.7 Å². The standard InChI is InChI=1S/C19H18Cl2N2O5/c1-10-17-14(22-28-9-16(24)25)3-2-4-15(17)23(18(10)19(26)27)8-11-5-6-12(20)13(21)7-11/h5-7H,2-4,8-9H2,1H3,(H,24,25)(H,26,27)/b22-14-. The summed E-state index contributed by atoms with van der Waals surface area (Å²) in [6.45, 7) is 1.50. The number of aliphatic carboxylic acids is 1. The van der Waals surface area contributed by atoms with Crippen LogP contribution in [-0.2, 0) is 22.6 Å². The van der Waals surface area contributed by atoms with E-state index in [1.54, 1.807) is 29.7 Å². The molecule has 0 radical (unpaired) electrons. The van der Waals surface area contributed by atoms with Crippen molar-refractivity contribution >= 4 is 40.9 Å². The Morgan fingerprint density at radius 3 is 2.61 bits per heavy atom. The third-order valence-corrected chi connectivity index (χ3v) is 5.36. The monoisotopic (exact) mass is 424 g/mol. The number of carboxylic acids is 2. The van der Waals surface area contributed by atoms with Gasteiger partial charge in [-0.15, -0.1) is 0 Å². The molecule has 28 heavy (non-hydrogen) atoms. The molecule has 3 rings (SSSR count). The fraction of sp³-hybridized carbons (Fsp3) is 0.316. The van der Waals surface area contributed by atoms with Crippen molar-refractivity contribution in [3.05, 3.63) is 56.3 Å². The van der Waals surface area contributed by atoms with Gasteiger partial charge in [0.05, 0.1) is 15.8 Å². The molecule has 2 aromatic rings. The largest absolute Gasteiger partial charge is 0.479 e. The van der Waals surface area contributed by atoms with Crippen molar-refractivity contribution in [2.75, 3.05) is 6.61 Å². The topological polar surface area (TPSA) is 101 Å². The molecule has 0 unspecified atom stereocenters. The fourth-order valence-electron chi connectivity index (χ4n) is 3.53. The van der Waals surface area contributed by atoms with Crippen molar-refractivity contribution in [1.82, 2.24) is 4.57 Å².